The zero-order valence-corrected chi connectivity index (χ0v) is 22.3. The lowest BCUT2D eigenvalue weighted by Gasteiger charge is -2.25. The molecule has 0 aliphatic rings. The van der Waals surface area contributed by atoms with Gasteiger partial charge in [-0.15, -0.1) is 0 Å². The van der Waals surface area contributed by atoms with Gasteiger partial charge >= 0.3 is 0 Å². The fourth-order valence-corrected chi connectivity index (χ4v) is 5.62. The number of hydrazone groups is 1. The van der Waals surface area contributed by atoms with E-state index in [0.717, 1.165) is 15.4 Å². The maximum atomic E-state index is 13.5. The quantitative estimate of drug-likeness (QED) is 0.206. The molecule has 190 valence electrons. The first-order valence-corrected chi connectivity index (χ1v) is 13.4. The number of sulfonamides is 1. The van der Waals surface area contributed by atoms with Crippen LogP contribution in [0.5, 0.6) is 0 Å². The number of nitrogens with one attached hydrogen (secondary N) is 1. The lowest BCUT2D eigenvalue weighted by Crippen LogP contribution is -2.40. The number of furan rings is 1. The summed E-state index contributed by atoms with van der Waals surface area (Å²) < 4.78 is 33.8. The van der Waals surface area contributed by atoms with Crippen molar-refractivity contribution < 1.29 is 17.6 Å². The summed E-state index contributed by atoms with van der Waals surface area (Å²) in [5.74, 6) is 0.248. The van der Waals surface area contributed by atoms with Gasteiger partial charge in [-0.3, -0.25) is 9.10 Å². The average Bonchev–Trinajstić information content (AvgIpc) is 3.33. The van der Waals surface area contributed by atoms with Crippen LogP contribution in [0.3, 0.4) is 0 Å². The minimum Gasteiger partial charge on any atom is -0.455 e. The van der Waals surface area contributed by atoms with E-state index in [-0.39, 0.29) is 4.90 Å². The number of hydrogen-bond acceptors (Lipinski definition) is 5. The predicted molar refractivity (Wildman–Crippen MR) is 147 cm³/mol. The molecule has 1 N–H and O–H groups in total. The minimum atomic E-state index is -4.02. The summed E-state index contributed by atoms with van der Waals surface area (Å²) in [4.78, 5) is 12.9. The predicted octanol–water partition coefficient (Wildman–Crippen LogP) is 6.22. The Balaban J connectivity index is 1.53. The van der Waals surface area contributed by atoms with Gasteiger partial charge in [0.1, 0.15) is 18.1 Å². The molecule has 37 heavy (non-hydrogen) atoms. The zero-order chi connectivity index (χ0) is 26.6. The molecule has 0 unspecified atom stereocenters. The Morgan fingerprint density at radius 3 is 2.49 bits per heavy atom. The third-order valence-electron chi connectivity index (χ3n) is 5.67. The van der Waals surface area contributed by atoms with Gasteiger partial charge in [-0.25, -0.2) is 13.8 Å². The second kappa shape index (κ2) is 11.2. The number of nitrogens with zero attached hydrogens (tertiary/aromatic N) is 2. The van der Waals surface area contributed by atoms with Crippen molar-refractivity contribution in [1.82, 2.24) is 5.43 Å². The summed E-state index contributed by atoms with van der Waals surface area (Å²) in [6, 6.07) is 21.7. The first kappa shape index (κ1) is 26.5. The number of aryl methyl sites for hydroxylation is 1. The van der Waals surface area contributed by atoms with E-state index in [0.29, 0.717) is 32.8 Å². The van der Waals surface area contributed by atoms with Gasteiger partial charge in [0.25, 0.3) is 15.9 Å². The highest BCUT2D eigenvalue weighted by molar-refractivity contribution is 7.92. The Kier molecular flexibility index (Phi) is 8.02. The van der Waals surface area contributed by atoms with Crippen molar-refractivity contribution in [3.63, 3.8) is 0 Å². The molecule has 0 aliphatic carbocycles. The van der Waals surface area contributed by atoms with Crippen LogP contribution in [0.2, 0.25) is 10.0 Å². The van der Waals surface area contributed by atoms with Crippen molar-refractivity contribution >= 4 is 51.0 Å². The summed E-state index contributed by atoms with van der Waals surface area (Å²) in [6.45, 7) is 3.23. The van der Waals surface area contributed by atoms with Crippen LogP contribution in [0.25, 0.3) is 11.3 Å². The SMILES string of the molecule is Cc1cccc(N(CC(=O)N/N=C\c2ccc(-c3ccc(Cl)cc3Cl)o2)S(=O)(=O)c2ccccc2)c1C. The summed E-state index contributed by atoms with van der Waals surface area (Å²) in [7, 11) is -4.02. The highest BCUT2D eigenvalue weighted by Crippen LogP contribution is 2.31. The van der Waals surface area contributed by atoms with E-state index in [2.05, 4.69) is 10.5 Å². The molecular weight excluding hydrogens is 533 g/mol. The standard InChI is InChI=1S/C27H23Cl2N3O4S/c1-18-7-6-10-25(19(18)2)32(37(34,35)22-8-4-3-5-9-22)17-27(33)31-30-16-21-12-14-26(36-21)23-13-11-20(28)15-24(23)29/h3-16H,17H2,1-2H3,(H,31,33)/b30-16-. The van der Waals surface area contributed by atoms with Gasteiger partial charge in [0, 0.05) is 10.6 Å². The molecule has 3 aromatic carbocycles. The van der Waals surface area contributed by atoms with Gasteiger partial charge in [0.05, 0.1) is 21.8 Å². The second-order valence-electron chi connectivity index (χ2n) is 8.16. The smallest absolute Gasteiger partial charge is 0.264 e. The lowest BCUT2D eigenvalue weighted by molar-refractivity contribution is -0.119. The molecule has 1 amide bonds. The number of anilines is 1. The molecule has 0 saturated carbocycles. The number of carbonyl (C=O) groups is 1. The molecule has 7 nitrogen and oxygen atoms in total. The van der Waals surface area contributed by atoms with E-state index in [1.807, 2.05) is 19.9 Å². The summed E-state index contributed by atoms with van der Waals surface area (Å²) in [5, 5.41) is 4.88. The number of rotatable bonds is 8. The molecule has 0 saturated heterocycles. The van der Waals surface area contributed by atoms with Crippen LogP contribution in [-0.2, 0) is 14.8 Å². The third kappa shape index (κ3) is 6.05. The van der Waals surface area contributed by atoms with Gasteiger partial charge in [-0.05, 0) is 73.5 Å². The molecule has 4 aromatic rings. The van der Waals surface area contributed by atoms with Gasteiger partial charge in [0.15, 0.2) is 0 Å². The van der Waals surface area contributed by atoms with Crippen LogP contribution < -0.4 is 9.73 Å². The van der Waals surface area contributed by atoms with Crippen molar-refractivity contribution in [1.29, 1.82) is 0 Å². The molecular formula is C27H23Cl2N3O4S. The fourth-order valence-electron chi connectivity index (χ4n) is 3.62. The van der Waals surface area contributed by atoms with Gasteiger partial charge in [-0.2, -0.15) is 5.10 Å². The van der Waals surface area contributed by atoms with Crippen LogP contribution in [0, 0.1) is 13.8 Å². The summed E-state index contributed by atoms with van der Waals surface area (Å²) in [6.07, 6.45) is 1.32. The molecule has 0 aliphatic heterocycles. The van der Waals surface area contributed by atoms with Crippen molar-refractivity contribution in [2.75, 3.05) is 10.8 Å². The molecule has 4 rings (SSSR count). The Bertz CT molecular complexity index is 1570. The van der Waals surface area contributed by atoms with E-state index in [4.69, 9.17) is 27.6 Å². The molecule has 0 fully saturated rings. The molecule has 10 heteroatoms. The maximum absolute atomic E-state index is 13.5. The molecule has 0 atom stereocenters. The summed E-state index contributed by atoms with van der Waals surface area (Å²) in [5.41, 5.74) is 5.10. The monoisotopic (exact) mass is 555 g/mol. The third-order valence-corrected chi connectivity index (χ3v) is 7.99. The lowest BCUT2D eigenvalue weighted by atomic mass is 10.1. The highest BCUT2D eigenvalue weighted by atomic mass is 35.5. The number of benzene rings is 3. The summed E-state index contributed by atoms with van der Waals surface area (Å²) >= 11 is 12.2. The van der Waals surface area contributed by atoms with Crippen LogP contribution in [-0.4, -0.2) is 27.1 Å². The topological polar surface area (TPSA) is 92.0 Å². The van der Waals surface area contributed by atoms with E-state index >= 15 is 0 Å². The van der Waals surface area contributed by atoms with Gasteiger partial charge < -0.3 is 4.42 Å². The average molecular weight is 556 g/mol. The highest BCUT2D eigenvalue weighted by Gasteiger charge is 2.28. The van der Waals surface area contributed by atoms with Gasteiger partial charge in [-0.1, -0.05) is 53.5 Å². The molecule has 0 bridgehead atoms. The van der Waals surface area contributed by atoms with Crippen molar-refractivity contribution in [3.8, 4) is 11.3 Å². The molecule has 1 aromatic heterocycles. The van der Waals surface area contributed by atoms with Crippen molar-refractivity contribution in [2.24, 2.45) is 5.10 Å². The van der Waals surface area contributed by atoms with Crippen molar-refractivity contribution in [3.05, 3.63) is 106 Å². The zero-order valence-electron chi connectivity index (χ0n) is 20.0. The number of halogens is 2. The Morgan fingerprint density at radius 2 is 1.76 bits per heavy atom. The molecule has 0 radical (unpaired) electrons. The second-order valence-corrected chi connectivity index (χ2v) is 10.9. The Morgan fingerprint density at radius 1 is 1.00 bits per heavy atom. The Hall–Kier alpha value is -3.59. The molecule has 0 spiro atoms. The maximum Gasteiger partial charge on any atom is 0.264 e. The van der Waals surface area contributed by atoms with E-state index in [9.17, 15) is 13.2 Å². The van der Waals surface area contributed by atoms with E-state index in [1.54, 1.807) is 60.7 Å². The van der Waals surface area contributed by atoms with Crippen LogP contribution >= 0.6 is 23.2 Å². The Labute approximate surface area is 225 Å². The minimum absolute atomic E-state index is 0.0798. The van der Waals surface area contributed by atoms with Crippen LogP contribution in [0.15, 0.2) is 93.3 Å². The number of hydrogen-bond donors (Lipinski definition) is 1. The van der Waals surface area contributed by atoms with Gasteiger partial charge in [0.2, 0.25) is 0 Å². The number of carbonyl (C=O) groups excluding carboxylic acids is 1. The van der Waals surface area contributed by atoms with E-state index < -0.39 is 22.5 Å². The van der Waals surface area contributed by atoms with E-state index in [1.165, 1.54) is 18.3 Å². The van der Waals surface area contributed by atoms with Crippen LogP contribution in [0.1, 0.15) is 16.9 Å². The van der Waals surface area contributed by atoms with Crippen LogP contribution in [0.4, 0.5) is 5.69 Å². The fraction of sp³-hybridized carbons (Fsp3) is 0.111. The largest absolute Gasteiger partial charge is 0.455 e. The first-order chi connectivity index (χ1) is 17.7. The normalized spacial score (nSPS) is 11.6. The number of amides is 1. The van der Waals surface area contributed by atoms with Crippen molar-refractivity contribution in [2.45, 2.75) is 18.7 Å². The molecule has 1 heterocycles. The first-order valence-electron chi connectivity index (χ1n) is 11.2.